The van der Waals surface area contributed by atoms with Crippen molar-refractivity contribution in [1.82, 2.24) is 14.7 Å². The first-order chi connectivity index (χ1) is 11.5. The lowest BCUT2D eigenvalue weighted by molar-refractivity contribution is 0.0708. The van der Waals surface area contributed by atoms with Gasteiger partial charge in [0.05, 0.1) is 30.5 Å². The summed E-state index contributed by atoms with van der Waals surface area (Å²) in [5.41, 5.74) is 2.63. The second-order valence-electron chi connectivity index (χ2n) is 6.20. The number of para-hydroxylation sites is 2. The van der Waals surface area contributed by atoms with E-state index in [0.29, 0.717) is 12.1 Å². The lowest BCUT2D eigenvalue weighted by atomic mass is 10.1. The summed E-state index contributed by atoms with van der Waals surface area (Å²) in [5.74, 6) is 0.861. The maximum absolute atomic E-state index is 12.7. The lowest BCUT2D eigenvalue weighted by Gasteiger charge is -2.37. The number of ether oxygens (including phenoxy) is 1. The average Bonchev–Trinajstić information content (AvgIpc) is 2.92. The van der Waals surface area contributed by atoms with E-state index in [2.05, 4.69) is 23.0 Å². The minimum absolute atomic E-state index is 0.0221. The standard InChI is InChI=1S/C18H24N4O2/c1-5-22-12-14(24-17-9-7-6-8-16(17)22)11-20(3)18(23)15-10-19-21(4)13(15)2/h6-10,14H,5,11-12H2,1-4H3. The highest BCUT2D eigenvalue weighted by Gasteiger charge is 2.27. The van der Waals surface area contributed by atoms with Crippen molar-refractivity contribution in [2.45, 2.75) is 20.0 Å². The van der Waals surface area contributed by atoms with Crippen LogP contribution in [0, 0.1) is 6.92 Å². The van der Waals surface area contributed by atoms with Gasteiger partial charge in [-0.2, -0.15) is 5.10 Å². The Morgan fingerprint density at radius 3 is 2.83 bits per heavy atom. The molecule has 0 saturated heterocycles. The van der Waals surface area contributed by atoms with Gasteiger partial charge in [0, 0.05) is 26.3 Å². The average molecular weight is 328 g/mol. The molecule has 0 radical (unpaired) electrons. The van der Waals surface area contributed by atoms with Gasteiger partial charge in [0.2, 0.25) is 0 Å². The van der Waals surface area contributed by atoms with E-state index in [0.717, 1.165) is 30.2 Å². The number of fused-ring (bicyclic) bond motifs is 1. The Kier molecular flexibility index (Phi) is 4.46. The Labute approximate surface area is 142 Å². The summed E-state index contributed by atoms with van der Waals surface area (Å²) >= 11 is 0. The van der Waals surface area contributed by atoms with Crippen molar-refractivity contribution < 1.29 is 9.53 Å². The van der Waals surface area contributed by atoms with Crippen LogP contribution in [0.25, 0.3) is 0 Å². The van der Waals surface area contributed by atoms with E-state index in [1.807, 2.05) is 39.2 Å². The van der Waals surface area contributed by atoms with Crippen LogP contribution in [0.15, 0.2) is 30.5 Å². The third kappa shape index (κ3) is 2.96. The van der Waals surface area contributed by atoms with E-state index in [9.17, 15) is 4.79 Å². The summed E-state index contributed by atoms with van der Waals surface area (Å²) in [4.78, 5) is 16.7. The molecule has 1 aromatic carbocycles. The van der Waals surface area contributed by atoms with Crippen LogP contribution in [0.3, 0.4) is 0 Å². The number of aryl methyl sites for hydroxylation is 1. The van der Waals surface area contributed by atoms with Gasteiger partial charge < -0.3 is 14.5 Å². The van der Waals surface area contributed by atoms with Gasteiger partial charge in [-0.15, -0.1) is 0 Å². The largest absolute Gasteiger partial charge is 0.485 e. The van der Waals surface area contributed by atoms with E-state index in [-0.39, 0.29) is 12.0 Å². The molecular formula is C18H24N4O2. The Morgan fingerprint density at radius 2 is 2.17 bits per heavy atom. The molecule has 24 heavy (non-hydrogen) atoms. The molecule has 1 aliphatic heterocycles. The first-order valence-electron chi connectivity index (χ1n) is 8.26. The molecule has 0 fully saturated rings. The van der Waals surface area contributed by atoms with Crippen LogP contribution in [-0.4, -0.2) is 53.4 Å². The molecule has 0 spiro atoms. The molecule has 1 unspecified atom stereocenters. The highest BCUT2D eigenvalue weighted by Crippen LogP contribution is 2.32. The van der Waals surface area contributed by atoms with Crippen molar-refractivity contribution in [2.75, 3.05) is 31.6 Å². The van der Waals surface area contributed by atoms with E-state index < -0.39 is 0 Å². The van der Waals surface area contributed by atoms with Gasteiger partial charge in [-0.1, -0.05) is 12.1 Å². The van der Waals surface area contributed by atoms with Gasteiger partial charge in [0.1, 0.15) is 11.9 Å². The number of anilines is 1. The fourth-order valence-corrected chi connectivity index (χ4v) is 3.08. The maximum atomic E-state index is 12.7. The number of likely N-dealkylation sites (N-methyl/N-ethyl adjacent to an activating group) is 2. The van der Waals surface area contributed by atoms with Crippen LogP contribution in [0.1, 0.15) is 23.0 Å². The van der Waals surface area contributed by atoms with Crippen molar-refractivity contribution >= 4 is 11.6 Å². The van der Waals surface area contributed by atoms with Crippen molar-refractivity contribution in [1.29, 1.82) is 0 Å². The number of rotatable bonds is 4. The fourth-order valence-electron chi connectivity index (χ4n) is 3.08. The van der Waals surface area contributed by atoms with Crippen LogP contribution in [0.2, 0.25) is 0 Å². The Hall–Kier alpha value is -2.50. The number of carbonyl (C=O) groups is 1. The summed E-state index contributed by atoms with van der Waals surface area (Å²) in [6.45, 7) is 6.26. The second kappa shape index (κ2) is 6.55. The molecule has 3 rings (SSSR count). The summed E-state index contributed by atoms with van der Waals surface area (Å²) in [6, 6.07) is 8.05. The highest BCUT2D eigenvalue weighted by atomic mass is 16.5. The van der Waals surface area contributed by atoms with Crippen molar-refractivity contribution in [3.63, 3.8) is 0 Å². The molecular weight excluding hydrogens is 304 g/mol. The smallest absolute Gasteiger partial charge is 0.257 e. The van der Waals surface area contributed by atoms with Crippen LogP contribution in [0.5, 0.6) is 5.75 Å². The summed E-state index contributed by atoms with van der Waals surface area (Å²) < 4.78 is 7.82. The Bertz CT molecular complexity index is 740. The lowest BCUT2D eigenvalue weighted by Crippen LogP contribution is -2.46. The third-order valence-electron chi connectivity index (χ3n) is 4.60. The number of benzene rings is 1. The molecule has 2 aromatic rings. The zero-order valence-electron chi connectivity index (χ0n) is 14.7. The minimum atomic E-state index is -0.0502. The topological polar surface area (TPSA) is 50.6 Å². The minimum Gasteiger partial charge on any atom is -0.485 e. The van der Waals surface area contributed by atoms with E-state index in [1.54, 1.807) is 15.8 Å². The molecule has 0 saturated carbocycles. The molecule has 128 valence electrons. The number of nitrogens with zero attached hydrogens (tertiary/aromatic N) is 4. The van der Waals surface area contributed by atoms with Crippen molar-refractivity contribution in [2.24, 2.45) is 7.05 Å². The van der Waals surface area contributed by atoms with Gasteiger partial charge in [0.25, 0.3) is 5.91 Å². The summed E-state index contributed by atoms with van der Waals surface area (Å²) in [7, 11) is 3.65. The molecule has 0 bridgehead atoms. The number of amides is 1. The third-order valence-corrected chi connectivity index (χ3v) is 4.60. The predicted octanol–water partition coefficient (Wildman–Crippen LogP) is 2.09. The SMILES string of the molecule is CCN1CC(CN(C)C(=O)c2cnn(C)c2C)Oc2ccccc21. The van der Waals surface area contributed by atoms with Gasteiger partial charge in [-0.3, -0.25) is 9.48 Å². The molecule has 1 amide bonds. The van der Waals surface area contributed by atoms with Crippen LogP contribution >= 0.6 is 0 Å². The number of aromatic nitrogens is 2. The first kappa shape index (κ1) is 16.4. The molecule has 1 aromatic heterocycles. The molecule has 6 heteroatoms. The normalized spacial score (nSPS) is 16.5. The molecule has 2 heterocycles. The van der Waals surface area contributed by atoms with Gasteiger partial charge in [-0.05, 0) is 26.0 Å². The first-order valence-corrected chi connectivity index (χ1v) is 8.26. The number of hydrogen-bond acceptors (Lipinski definition) is 4. The predicted molar refractivity (Wildman–Crippen MR) is 93.7 cm³/mol. The maximum Gasteiger partial charge on any atom is 0.257 e. The Morgan fingerprint density at radius 1 is 1.42 bits per heavy atom. The molecule has 1 aliphatic rings. The van der Waals surface area contributed by atoms with Gasteiger partial charge >= 0.3 is 0 Å². The quantitative estimate of drug-likeness (QED) is 0.862. The van der Waals surface area contributed by atoms with E-state index >= 15 is 0 Å². The highest BCUT2D eigenvalue weighted by molar-refractivity contribution is 5.94. The molecule has 1 atom stereocenters. The Balaban J connectivity index is 1.72. The van der Waals surface area contributed by atoms with Crippen LogP contribution in [-0.2, 0) is 7.05 Å². The van der Waals surface area contributed by atoms with Crippen molar-refractivity contribution in [3.05, 3.63) is 41.7 Å². The van der Waals surface area contributed by atoms with E-state index in [4.69, 9.17) is 4.74 Å². The zero-order chi connectivity index (χ0) is 17.3. The van der Waals surface area contributed by atoms with Crippen LogP contribution in [0.4, 0.5) is 5.69 Å². The van der Waals surface area contributed by atoms with Crippen LogP contribution < -0.4 is 9.64 Å². The summed E-state index contributed by atoms with van der Waals surface area (Å²) in [5, 5.41) is 4.15. The number of carbonyl (C=O) groups excluding carboxylic acids is 1. The fraction of sp³-hybridized carbons (Fsp3) is 0.444. The second-order valence-corrected chi connectivity index (χ2v) is 6.20. The zero-order valence-corrected chi connectivity index (χ0v) is 14.7. The summed E-state index contributed by atoms with van der Waals surface area (Å²) in [6.07, 6.45) is 1.58. The van der Waals surface area contributed by atoms with E-state index in [1.165, 1.54) is 0 Å². The van der Waals surface area contributed by atoms with Gasteiger partial charge in [-0.25, -0.2) is 0 Å². The monoisotopic (exact) mass is 328 g/mol. The molecule has 0 aliphatic carbocycles. The number of hydrogen-bond donors (Lipinski definition) is 0. The van der Waals surface area contributed by atoms with Crippen molar-refractivity contribution in [3.8, 4) is 5.75 Å². The van der Waals surface area contributed by atoms with Gasteiger partial charge in [0.15, 0.2) is 0 Å². The molecule has 0 N–H and O–H groups in total. The molecule has 6 nitrogen and oxygen atoms in total.